The van der Waals surface area contributed by atoms with Crippen molar-refractivity contribution in [1.82, 2.24) is 24.9 Å². The first-order valence-electron chi connectivity index (χ1n) is 5.20. The molecule has 0 saturated carbocycles. The van der Waals surface area contributed by atoms with E-state index < -0.39 is 0 Å². The fourth-order valence-corrected chi connectivity index (χ4v) is 2.56. The second-order valence-electron chi connectivity index (χ2n) is 3.53. The number of halogens is 1. The second kappa shape index (κ2) is 4.91. The van der Waals surface area contributed by atoms with Crippen LogP contribution in [0.25, 0.3) is 11.2 Å². The van der Waals surface area contributed by atoms with Gasteiger partial charge < -0.3 is 4.98 Å². The minimum atomic E-state index is 0.673. The Bertz CT molecular complexity index is 684. The molecule has 90 valence electrons. The summed E-state index contributed by atoms with van der Waals surface area (Å²) in [6.45, 7) is 0. The van der Waals surface area contributed by atoms with Crippen molar-refractivity contribution in [3.05, 3.63) is 41.7 Å². The average molecular weight is 278 g/mol. The van der Waals surface area contributed by atoms with Gasteiger partial charge in [0, 0.05) is 17.0 Å². The number of hydrogen-bond acceptors (Lipinski definition) is 5. The smallest absolute Gasteiger partial charge is 0.181 e. The van der Waals surface area contributed by atoms with Crippen LogP contribution in [0.15, 0.2) is 36.0 Å². The number of thioether (sulfide) groups is 1. The van der Waals surface area contributed by atoms with Gasteiger partial charge in [0.2, 0.25) is 0 Å². The van der Waals surface area contributed by atoms with Crippen molar-refractivity contribution in [2.24, 2.45) is 0 Å². The molecule has 0 unspecified atom stereocenters. The molecule has 0 bridgehead atoms. The molecule has 0 radical (unpaired) electrons. The number of hydrogen-bond donors (Lipinski definition) is 1. The summed E-state index contributed by atoms with van der Waals surface area (Å²) >= 11 is 7.49. The van der Waals surface area contributed by atoms with E-state index in [9.17, 15) is 0 Å². The lowest BCUT2D eigenvalue weighted by Crippen LogP contribution is -1.89. The predicted molar refractivity (Wildman–Crippen MR) is 70.5 cm³/mol. The molecule has 7 heteroatoms. The normalized spacial score (nSPS) is 10.9. The minimum Gasteiger partial charge on any atom is -0.341 e. The lowest BCUT2D eigenvalue weighted by Gasteiger charge is -2.01. The van der Waals surface area contributed by atoms with Gasteiger partial charge >= 0.3 is 0 Å². The predicted octanol–water partition coefficient (Wildman–Crippen LogP) is 2.69. The number of nitrogens with zero attached hydrogens (tertiary/aromatic N) is 4. The van der Waals surface area contributed by atoms with Crippen LogP contribution in [0.1, 0.15) is 5.69 Å². The van der Waals surface area contributed by atoms with Crippen LogP contribution in [0.4, 0.5) is 0 Å². The molecule has 0 aliphatic carbocycles. The number of fused-ring (bicyclic) bond motifs is 1. The van der Waals surface area contributed by atoms with Gasteiger partial charge in [-0.1, -0.05) is 23.4 Å². The highest BCUT2D eigenvalue weighted by Gasteiger charge is 2.07. The Morgan fingerprint density at radius 2 is 2.17 bits per heavy atom. The highest BCUT2D eigenvalue weighted by molar-refractivity contribution is 7.98. The van der Waals surface area contributed by atoms with Gasteiger partial charge in [0.15, 0.2) is 5.65 Å². The molecule has 0 aliphatic heterocycles. The summed E-state index contributed by atoms with van der Waals surface area (Å²) in [7, 11) is 0. The number of H-pyrrole nitrogens is 1. The van der Waals surface area contributed by atoms with E-state index in [1.165, 1.54) is 6.33 Å². The third-order valence-electron chi connectivity index (χ3n) is 2.32. The van der Waals surface area contributed by atoms with Crippen LogP contribution in [0.3, 0.4) is 0 Å². The molecule has 5 nitrogen and oxygen atoms in total. The average Bonchev–Trinajstić information content (AvgIpc) is 2.85. The quantitative estimate of drug-likeness (QED) is 0.589. The molecule has 0 saturated heterocycles. The van der Waals surface area contributed by atoms with Crippen LogP contribution < -0.4 is 0 Å². The summed E-state index contributed by atoms with van der Waals surface area (Å²) in [6, 6.07) is 3.60. The van der Waals surface area contributed by atoms with Crippen LogP contribution in [-0.2, 0) is 5.75 Å². The first-order chi connectivity index (χ1) is 8.83. The molecule has 3 aromatic rings. The van der Waals surface area contributed by atoms with Crippen molar-refractivity contribution in [3.63, 3.8) is 0 Å². The van der Waals surface area contributed by atoms with Gasteiger partial charge in [0.25, 0.3) is 0 Å². The van der Waals surface area contributed by atoms with Crippen molar-refractivity contribution in [3.8, 4) is 0 Å². The standard InChI is InChI=1S/C11H8ClN5S/c12-7-1-2-13-8(3-7)4-18-11-9-10(15-5-14-9)16-6-17-11/h1-3,5-6H,4H2,(H,14,15,16,17). The Kier molecular flexibility index (Phi) is 3.12. The van der Waals surface area contributed by atoms with Gasteiger partial charge in [-0.05, 0) is 12.1 Å². The van der Waals surface area contributed by atoms with Crippen LogP contribution in [0.2, 0.25) is 5.02 Å². The zero-order valence-electron chi connectivity index (χ0n) is 9.17. The Labute approximate surface area is 112 Å². The van der Waals surface area contributed by atoms with E-state index in [-0.39, 0.29) is 0 Å². The number of rotatable bonds is 3. The number of pyridine rings is 1. The lowest BCUT2D eigenvalue weighted by molar-refractivity contribution is 1.08. The van der Waals surface area contributed by atoms with Gasteiger partial charge in [-0.2, -0.15) is 0 Å². The first kappa shape index (κ1) is 11.4. The van der Waals surface area contributed by atoms with Crippen LogP contribution in [0, 0.1) is 0 Å². The van der Waals surface area contributed by atoms with Crippen LogP contribution in [-0.4, -0.2) is 24.9 Å². The maximum atomic E-state index is 5.91. The van der Waals surface area contributed by atoms with E-state index >= 15 is 0 Å². The van der Waals surface area contributed by atoms with E-state index in [1.54, 1.807) is 30.4 Å². The van der Waals surface area contributed by atoms with E-state index in [2.05, 4.69) is 24.9 Å². The monoisotopic (exact) mass is 277 g/mol. The third-order valence-corrected chi connectivity index (χ3v) is 3.58. The summed E-state index contributed by atoms with van der Waals surface area (Å²) in [6.07, 6.45) is 4.82. The Balaban J connectivity index is 1.83. The largest absolute Gasteiger partial charge is 0.341 e. The molecule has 0 amide bonds. The number of aromatic nitrogens is 5. The molecular weight excluding hydrogens is 270 g/mol. The SMILES string of the molecule is Clc1ccnc(CSc2ncnc3nc[nH]c23)c1. The van der Waals surface area contributed by atoms with Gasteiger partial charge in [-0.25, -0.2) is 15.0 Å². The summed E-state index contributed by atoms with van der Waals surface area (Å²) in [5.74, 6) is 0.700. The zero-order chi connectivity index (χ0) is 12.4. The number of aromatic amines is 1. The van der Waals surface area contributed by atoms with Crippen molar-refractivity contribution in [2.45, 2.75) is 10.8 Å². The molecule has 0 atom stereocenters. The summed E-state index contributed by atoms with van der Waals surface area (Å²) in [4.78, 5) is 19.7. The molecule has 0 fully saturated rings. The van der Waals surface area contributed by atoms with Gasteiger partial charge in [0.05, 0.1) is 12.0 Å². The zero-order valence-corrected chi connectivity index (χ0v) is 10.7. The summed E-state index contributed by atoms with van der Waals surface area (Å²) in [5, 5.41) is 1.55. The second-order valence-corrected chi connectivity index (χ2v) is 4.93. The summed E-state index contributed by atoms with van der Waals surface area (Å²) in [5.41, 5.74) is 2.44. The fraction of sp³-hybridized carbons (Fsp3) is 0.0909. The van der Waals surface area contributed by atoms with E-state index in [0.29, 0.717) is 16.4 Å². The van der Waals surface area contributed by atoms with Crippen LogP contribution in [0.5, 0.6) is 0 Å². The minimum absolute atomic E-state index is 0.673. The highest BCUT2D eigenvalue weighted by atomic mass is 35.5. The molecule has 18 heavy (non-hydrogen) atoms. The van der Waals surface area contributed by atoms with Crippen molar-refractivity contribution in [1.29, 1.82) is 0 Å². The highest BCUT2D eigenvalue weighted by Crippen LogP contribution is 2.25. The lowest BCUT2D eigenvalue weighted by atomic mass is 10.4. The number of nitrogens with one attached hydrogen (secondary N) is 1. The van der Waals surface area contributed by atoms with Gasteiger partial charge in [-0.3, -0.25) is 4.98 Å². The number of imidazole rings is 1. The van der Waals surface area contributed by atoms with E-state index in [1.807, 2.05) is 6.07 Å². The van der Waals surface area contributed by atoms with E-state index in [4.69, 9.17) is 11.6 Å². The maximum Gasteiger partial charge on any atom is 0.181 e. The molecule has 1 N–H and O–H groups in total. The Morgan fingerprint density at radius 1 is 1.22 bits per heavy atom. The molecular formula is C11H8ClN5S. The van der Waals surface area contributed by atoms with Crippen molar-refractivity contribution in [2.75, 3.05) is 0 Å². The van der Waals surface area contributed by atoms with Gasteiger partial charge in [0.1, 0.15) is 16.9 Å². The molecule has 0 aromatic carbocycles. The van der Waals surface area contributed by atoms with E-state index in [0.717, 1.165) is 16.2 Å². The van der Waals surface area contributed by atoms with Crippen LogP contribution >= 0.6 is 23.4 Å². The molecule has 0 aliphatic rings. The maximum absolute atomic E-state index is 5.91. The third kappa shape index (κ3) is 2.30. The van der Waals surface area contributed by atoms with Crippen molar-refractivity contribution < 1.29 is 0 Å². The molecule has 0 spiro atoms. The first-order valence-corrected chi connectivity index (χ1v) is 6.56. The Hall–Kier alpha value is -1.66. The topological polar surface area (TPSA) is 67.3 Å². The fourth-order valence-electron chi connectivity index (χ4n) is 1.52. The molecule has 3 heterocycles. The Morgan fingerprint density at radius 3 is 3.06 bits per heavy atom. The molecule has 3 rings (SSSR count). The van der Waals surface area contributed by atoms with Crippen molar-refractivity contribution >= 4 is 34.5 Å². The van der Waals surface area contributed by atoms with Gasteiger partial charge in [-0.15, -0.1) is 0 Å². The molecule has 3 aromatic heterocycles. The summed E-state index contributed by atoms with van der Waals surface area (Å²) < 4.78 is 0.